The standard InChI is InChI=1S/C69H91N12O25/c1-32(34-11-5-2-6-12-34)47(78-46(86)24-70)62(98)76-40(61(97)79-48(50(87)41-25-73-68(71)77-41)64(100)80-49(63(99)75-37(27-82)28-83)51(88)42-26-74-69(72)81(42)65-57(94)54(91)52(89)43(29-84)103-65)23-33-17-19-38(20-18-33)102-66-59(96)56(93)60(44(30-85)104-66)106-67-58(95)55(92)53(90)45(105-67)31-101-22-21-39(35-13-7-3-8-14-35)36-15-9-4-10-16-36/h2-21,32,37,40-45,47-60,65-67,82,84-85,87-96H,22-27,29-31,70H2,1H3,(H2,72,74)(H,75,99)(H,76,98)(H,78,86)(H,79,97)(H,80,100)(H3,71,73,77)/t32?,37-,40+,41?,42?,43+,44+,45+,47-,48-,49+,50?,51+,52+,53+,54-,55-,56+,57-,58-,59-,60+,65-,66-,67+/m0/s1. The number of ether oxygens (including phenoxy) is 6. The molecular formula is C69H91N12O25. The maximum Gasteiger partial charge on any atom is 0.246 e. The molecule has 0 bridgehead atoms. The van der Waals surface area contributed by atoms with Crippen molar-refractivity contribution in [2.24, 2.45) is 5.73 Å². The molecule has 9 rings (SSSR count). The fourth-order valence-corrected chi connectivity index (χ4v) is 12.9. The molecule has 25 N–H and O–H groups in total. The van der Waals surface area contributed by atoms with E-state index in [1.807, 2.05) is 66.7 Å². The van der Waals surface area contributed by atoms with Crippen molar-refractivity contribution in [1.82, 2.24) is 47.4 Å². The molecule has 0 saturated carbocycles. The van der Waals surface area contributed by atoms with Gasteiger partial charge in [-0.1, -0.05) is 116 Å². The minimum Gasteiger partial charge on any atom is -0.462 e. The summed E-state index contributed by atoms with van der Waals surface area (Å²) < 4.78 is 35.2. The second-order valence-corrected chi connectivity index (χ2v) is 25.9. The van der Waals surface area contributed by atoms with Crippen LogP contribution < -0.4 is 53.0 Å². The molecule has 4 aromatic carbocycles. The van der Waals surface area contributed by atoms with Gasteiger partial charge in [-0.25, -0.2) is 0 Å². The summed E-state index contributed by atoms with van der Waals surface area (Å²) in [6.45, 7) is -2.92. The maximum absolute atomic E-state index is 15.2. The number of nitrogens with two attached hydrogens (primary N) is 1. The molecule has 25 atom stereocenters. The molecule has 4 aromatic rings. The minimum absolute atomic E-state index is 0.0106. The minimum atomic E-state index is -2.33. The van der Waals surface area contributed by atoms with Crippen LogP contribution in [-0.2, 0) is 58.9 Å². The zero-order chi connectivity index (χ0) is 76.6. The number of hydrogen-bond donors (Lipinski definition) is 24. The van der Waals surface area contributed by atoms with E-state index in [9.17, 15) is 85.6 Å². The lowest BCUT2D eigenvalue weighted by Crippen LogP contribution is -2.69. The number of carbonyl (C=O) groups is 5. The Morgan fingerprint density at radius 1 is 0.632 bits per heavy atom. The van der Waals surface area contributed by atoms with Crippen LogP contribution in [0.2, 0.25) is 0 Å². The first-order valence-corrected chi connectivity index (χ1v) is 34.0. The third-order valence-corrected chi connectivity index (χ3v) is 18.9. The Morgan fingerprint density at radius 3 is 1.79 bits per heavy atom. The van der Waals surface area contributed by atoms with Crippen LogP contribution in [0.1, 0.15) is 35.1 Å². The summed E-state index contributed by atoms with van der Waals surface area (Å²) in [6, 6.07) is 20.1. The van der Waals surface area contributed by atoms with Gasteiger partial charge < -0.3 is 148 Å². The van der Waals surface area contributed by atoms with Gasteiger partial charge >= 0.3 is 0 Å². The average Bonchev–Trinajstić information content (AvgIpc) is 1.45. The van der Waals surface area contributed by atoms with E-state index in [2.05, 4.69) is 42.5 Å². The largest absolute Gasteiger partial charge is 0.462 e. The summed E-state index contributed by atoms with van der Waals surface area (Å²) in [5, 5.41) is 180. The number of aliphatic hydroxyl groups is 13. The first-order chi connectivity index (χ1) is 50.8. The molecule has 0 aliphatic carbocycles. The lowest BCUT2D eigenvalue weighted by Gasteiger charge is -2.46. The van der Waals surface area contributed by atoms with Crippen molar-refractivity contribution >= 4 is 53.3 Å². The monoisotopic (exact) mass is 1490 g/mol. The fraction of sp³-hybridized carbons (Fsp3) is 0.507. The number of nitrogens with one attached hydrogen (secondary N) is 10. The molecule has 1 radical (unpaired) electrons. The van der Waals surface area contributed by atoms with Crippen molar-refractivity contribution in [3.63, 3.8) is 0 Å². The van der Waals surface area contributed by atoms with E-state index in [-0.39, 0.29) is 37.0 Å². The third-order valence-electron chi connectivity index (χ3n) is 18.9. The van der Waals surface area contributed by atoms with Crippen LogP contribution in [0.3, 0.4) is 0 Å². The second-order valence-electron chi connectivity index (χ2n) is 25.9. The van der Waals surface area contributed by atoms with Crippen LogP contribution in [-0.4, -0.2) is 318 Å². The van der Waals surface area contributed by atoms with Crippen molar-refractivity contribution in [3.05, 3.63) is 144 Å². The van der Waals surface area contributed by atoms with Gasteiger partial charge in [0.1, 0.15) is 121 Å². The van der Waals surface area contributed by atoms with Crippen LogP contribution in [0.4, 0.5) is 0 Å². The highest BCUT2D eigenvalue weighted by atomic mass is 16.7. The topological polar surface area (TPSA) is 594 Å². The van der Waals surface area contributed by atoms with Crippen molar-refractivity contribution in [2.75, 3.05) is 52.7 Å². The number of amides is 5. The summed E-state index contributed by atoms with van der Waals surface area (Å²) in [5.41, 5.74) is 9.08. The normalized spacial score (nSPS) is 29.5. The van der Waals surface area contributed by atoms with E-state index >= 15 is 9.59 Å². The van der Waals surface area contributed by atoms with Gasteiger partial charge in [-0.3, -0.25) is 39.6 Å². The molecule has 37 heteroatoms. The van der Waals surface area contributed by atoms with E-state index < -0.39 is 227 Å². The zero-order valence-corrected chi connectivity index (χ0v) is 57.1. The molecule has 5 heterocycles. The highest BCUT2D eigenvalue weighted by Crippen LogP contribution is 2.33. The van der Waals surface area contributed by atoms with E-state index in [1.165, 1.54) is 30.6 Å². The highest BCUT2D eigenvalue weighted by molar-refractivity contribution is 5.97. The maximum atomic E-state index is 15.2. The van der Waals surface area contributed by atoms with Gasteiger partial charge in [0.2, 0.25) is 42.1 Å². The van der Waals surface area contributed by atoms with Gasteiger partial charge in [-0.2, -0.15) is 0 Å². The van der Waals surface area contributed by atoms with Gasteiger partial charge in [0, 0.05) is 25.4 Å². The van der Waals surface area contributed by atoms with E-state index in [1.54, 1.807) is 37.3 Å². The van der Waals surface area contributed by atoms with Gasteiger partial charge in [0.05, 0.1) is 51.7 Å². The first kappa shape index (κ1) is 81.3. The van der Waals surface area contributed by atoms with Gasteiger partial charge in [0.25, 0.3) is 0 Å². The third kappa shape index (κ3) is 19.5. The zero-order valence-electron chi connectivity index (χ0n) is 57.1. The Balaban J connectivity index is 0.944. The Bertz CT molecular complexity index is 3580. The summed E-state index contributed by atoms with van der Waals surface area (Å²) in [5.74, 6) is -7.81. The number of aliphatic hydroxyl groups excluding tert-OH is 13. The van der Waals surface area contributed by atoms with Crippen LogP contribution in [0.5, 0.6) is 5.75 Å². The van der Waals surface area contributed by atoms with Crippen LogP contribution in [0.25, 0.3) is 5.57 Å². The van der Waals surface area contributed by atoms with E-state index in [0.717, 1.165) is 21.6 Å². The van der Waals surface area contributed by atoms with Crippen molar-refractivity contribution in [3.8, 4) is 5.75 Å². The Hall–Kier alpha value is -8.78. The summed E-state index contributed by atoms with van der Waals surface area (Å²) in [4.78, 5) is 85.0. The fourth-order valence-electron chi connectivity index (χ4n) is 12.9. The smallest absolute Gasteiger partial charge is 0.246 e. The quantitative estimate of drug-likeness (QED) is 0.0197. The predicted molar refractivity (Wildman–Crippen MR) is 367 cm³/mol. The Kier molecular flexibility index (Phi) is 28.9. The number of rotatable bonds is 33. The summed E-state index contributed by atoms with van der Waals surface area (Å²) >= 11 is 0. The average molecular weight is 1490 g/mol. The predicted octanol–water partition coefficient (Wildman–Crippen LogP) is -9.10. The van der Waals surface area contributed by atoms with Gasteiger partial charge in [-0.15, -0.1) is 0 Å². The van der Waals surface area contributed by atoms with Crippen molar-refractivity contribution in [1.29, 1.82) is 10.8 Å². The van der Waals surface area contributed by atoms with Gasteiger partial charge in [0.15, 0.2) is 24.4 Å². The molecular weight excluding hydrogens is 1400 g/mol. The van der Waals surface area contributed by atoms with Crippen molar-refractivity contribution in [2.45, 2.75) is 166 Å². The molecule has 5 fully saturated rings. The van der Waals surface area contributed by atoms with Crippen molar-refractivity contribution < 1.29 is 124 Å². The number of carbonyl (C=O) groups excluding carboxylic acids is 6. The molecule has 5 aliphatic heterocycles. The molecule has 5 saturated heterocycles. The van der Waals surface area contributed by atoms with E-state index in [4.69, 9.17) is 45.0 Å². The SMILES string of the molecule is CC(c1ccccc1)[C@H](NC(=O)CN)C(=O)N[C@H](Cc1ccc(O[C@H]2O[C@H](CO)[C@@H](O[C@H]3O[C@H](COCC=C(c4ccccc4)c4ccccc4)[C@@H](O)[C@H](O)[C@@H]3O)[C@H](O)[C@@H]2O)cc1)C(=O)N[C@H](C(=O)N[C@@H](C(=O)N[C@H]([C]=O)CO)[C@H](O)C1CNC(=N)N1[C@H]1O[C@H](CO)[C@@H](O)[C@H](O)[C@@H]1O)C(O)C1CNC(=N)N1. The molecule has 5 amide bonds. The van der Waals surface area contributed by atoms with Crippen LogP contribution in [0.15, 0.2) is 121 Å². The number of hydrogen-bond acceptors (Lipinski definition) is 28. The molecule has 5 aliphatic rings. The first-order valence-electron chi connectivity index (χ1n) is 34.0. The number of nitrogens with zero attached hydrogens (tertiary/aromatic N) is 1. The molecule has 0 spiro atoms. The Morgan fingerprint density at radius 2 is 1.20 bits per heavy atom. The van der Waals surface area contributed by atoms with Crippen LogP contribution in [0, 0.1) is 10.8 Å². The molecule has 0 aromatic heterocycles. The summed E-state index contributed by atoms with van der Waals surface area (Å²) in [6.07, 6.45) is -28.6. The summed E-state index contributed by atoms with van der Waals surface area (Å²) in [7, 11) is 0. The number of guanidine groups is 2. The lowest BCUT2D eigenvalue weighted by molar-refractivity contribution is -0.353. The lowest BCUT2D eigenvalue weighted by atomic mass is 9.92. The van der Waals surface area contributed by atoms with Crippen LogP contribution >= 0.6 is 0 Å². The van der Waals surface area contributed by atoms with Gasteiger partial charge in [-0.05, 0) is 40.0 Å². The molecule has 577 valence electrons. The van der Waals surface area contributed by atoms with E-state index in [0.29, 0.717) is 5.56 Å². The number of benzene rings is 4. The Labute approximate surface area is 606 Å². The molecule has 37 nitrogen and oxygen atoms in total. The molecule has 4 unspecified atom stereocenters. The molecule has 106 heavy (non-hydrogen) atoms. The highest BCUT2D eigenvalue weighted by Gasteiger charge is 2.54. The second kappa shape index (κ2) is 37.7.